The Hall–Kier alpha value is -1.25. The minimum absolute atomic E-state index is 0.161. The van der Waals surface area contributed by atoms with Gasteiger partial charge in [-0.1, -0.05) is 36.8 Å². The first kappa shape index (κ1) is 18.1. The molecule has 0 spiro atoms. The topological polar surface area (TPSA) is 68.3 Å². The van der Waals surface area contributed by atoms with Crippen molar-refractivity contribution in [3.63, 3.8) is 0 Å². The van der Waals surface area contributed by atoms with Crippen molar-refractivity contribution in [2.75, 3.05) is 12.9 Å². The average Bonchev–Trinajstić information content (AvgIpc) is 2.95. The summed E-state index contributed by atoms with van der Waals surface area (Å²) in [5.74, 6) is -0.349. The Morgan fingerprint density at radius 2 is 2.09 bits per heavy atom. The molecule has 0 saturated heterocycles. The number of rotatable bonds is 7. The van der Waals surface area contributed by atoms with Crippen LogP contribution in [0.2, 0.25) is 0 Å². The van der Waals surface area contributed by atoms with Gasteiger partial charge < -0.3 is 10.1 Å². The van der Waals surface area contributed by atoms with E-state index in [0.717, 1.165) is 14.6 Å². The van der Waals surface area contributed by atoms with Gasteiger partial charge >= 0.3 is 5.97 Å². The van der Waals surface area contributed by atoms with Crippen LogP contribution in [0.3, 0.4) is 0 Å². The molecule has 1 amide bonds. The number of methoxy groups -OCH3 is 1. The van der Waals surface area contributed by atoms with Gasteiger partial charge in [0.25, 0.3) is 0 Å². The predicted molar refractivity (Wildman–Crippen MR) is 96.7 cm³/mol. The summed E-state index contributed by atoms with van der Waals surface area (Å²) in [5.41, 5.74) is 0.971. The van der Waals surface area contributed by atoms with Crippen LogP contribution in [-0.4, -0.2) is 35.8 Å². The zero-order valence-corrected chi connectivity index (χ0v) is 15.5. The van der Waals surface area contributed by atoms with Crippen molar-refractivity contribution < 1.29 is 14.3 Å². The molecule has 23 heavy (non-hydrogen) atoms. The first-order valence-electron chi connectivity index (χ1n) is 7.04. The molecule has 0 aliphatic rings. The maximum absolute atomic E-state index is 11.8. The van der Waals surface area contributed by atoms with E-state index in [4.69, 9.17) is 4.74 Å². The highest BCUT2D eigenvalue weighted by molar-refractivity contribution is 8.77. The van der Waals surface area contributed by atoms with Crippen LogP contribution in [-0.2, 0) is 14.3 Å². The van der Waals surface area contributed by atoms with Crippen LogP contribution < -0.4 is 5.32 Å². The monoisotopic (exact) mass is 370 g/mol. The highest BCUT2D eigenvalue weighted by Gasteiger charge is 2.23. The van der Waals surface area contributed by atoms with E-state index in [9.17, 15) is 9.59 Å². The Morgan fingerprint density at radius 1 is 1.35 bits per heavy atom. The number of esters is 1. The molecule has 0 fully saturated rings. The fourth-order valence-corrected chi connectivity index (χ4v) is 5.22. The Bertz CT molecular complexity index is 654. The Kier molecular flexibility index (Phi) is 6.73. The van der Waals surface area contributed by atoms with Crippen molar-refractivity contribution in [1.29, 1.82) is 0 Å². The van der Waals surface area contributed by atoms with Gasteiger partial charge in [-0.25, -0.2) is 9.78 Å². The number of aromatic nitrogens is 1. The van der Waals surface area contributed by atoms with E-state index in [1.54, 1.807) is 25.2 Å². The molecular formula is C15H18N2O3S3. The van der Waals surface area contributed by atoms with E-state index in [1.165, 1.54) is 28.7 Å². The highest BCUT2D eigenvalue weighted by atomic mass is 33.1. The zero-order valence-electron chi connectivity index (χ0n) is 13.1. The van der Waals surface area contributed by atoms with Crippen molar-refractivity contribution in [3.05, 3.63) is 24.3 Å². The number of benzene rings is 1. The number of hydrogen-bond donors (Lipinski definition) is 1. The number of amides is 1. The van der Waals surface area contributed by atoms with Gasteiger partial charge in [0.15, 0.2) is 4.34 Å². The van der Waals surface area contributed by atoms with Crippen LogP contribution in [0.25, 0.3) is 10.2 Å². The number of carbonyl (C=O) groups is 2. The van der Waals surface area contributed by atoms with Crippen LogP contribution in [0.15, 0.2) is 28.6 Å². The largest absolute Gasteiger partial charge is 0.467 e. The summed E-state index contributed by atoms with van der Waals surface area (Å²) in [6.45, 7) is 3.57. The van der Waals surface area contributed by atoms with Gasteiger partial charge in [-0.05, 0) is 22.9 Å². The quantitative estimate of drug-likeness (QED) is 0.595. The molecule has 1 aromatic heterocycles. The lowest BCUT2D eigenvalue weighted by Gasteiger charge is -2.16. The third kappa shape index (κ3) is 5.12. The number of carbonyl (C=O) groups excluding carboxylic acids is 2. The van der Waals surface area contributed by atoms with Gasteiger partial charge in [0.1, 0.15) is 6.04 Å². The van der Waals surface area contributed by atoms with Crippen LogP contribution in [0.1, 0.15) is 13.8 Å². The number of para-hydroxylation sites is 1. The molecule has 0 aliphatic heterocycles. The smallest absolute Gasteiger partial charge is 0.329 e. The molecule has 1 N–H and O–H groups in total. The molecule has 0 unspecified atom stereocenters. The van der Waals surface area contributed by atoms with Crippen LogP contribution in [0, 0.1) is 5.92 Å². The second kappa shape index (κ2) is 8.56. The van der Waals surface area contributed by atoms with Gasteiger partial charge in [0, 0.05) is 11.7 Å². The number of fused-ring (bicyclic) bond motifs is 1. The minimum Gasteiger partial charge on any atom is -0.467 e. The molecule has 0 radical (unpaired) electrons. The predicted octanol–water partition coefficient (Wildman–Crippen LogP) is 3.35. The molecule has 1 heterocycles. The molecule has 0 saturated carbocycles. The van der Waals surface area contributed by atoms with Crippen molar-refractivity contribution in [2.24, 2.45) is 5.92 Å². The maximum atomic E-state index is 11.8. The van der Waals surface area contributed by atoms with E-state index < -0.39 is 12.0 Å². The number of nitrogens with one attached hydrogen (secondary N) is 1. The van der Waals surface area contributed by atoms with Crippen LogP contribution in [0.4, 0.5) is 0 Å². The summed E-state index contributed by atoms with van der Waals surface area (Å²) in [5, 5.41) is 2.72. The van der Waals surface area contributed by atoms with E-state index >= 15 is 0 Å². The second-order valence-corrected chi connectivity index (χ2v) is 8.67. The summed E-state index contributed by atoms with van der Waals surface area (Å²) in [7, 11) is 4.30. The zero-order chi connectivity index (χ0) is 16.8. The summed E-state index contributed by atoms with van der Waals surface area (Å²) in [4.78, 5) is 28.1. The summed E-state index contributed by atoms with van der Waals surface area (Å²) in [6, 6.07) is 7.29. The molecule has 2 rings (SSSR count). The van der Waals surface area contributed by atoms with Gasteiger partial charge in [0.2, 0.25) is 5.91 Å². The Balaban J connectivity index is 1.92. The van der Waals surface area contributed by atoms with Crippen LogP contribution in [0.5, 0.6) is 0 Å². The third-order valence-corrected chi connectivity index (χ3v) is 6.67. The minimum atomic E-state index is -0.651. The van der Waals surface area contributed by atoms with Gasteiger partial charge in [-0.15, -0.1) is 11.3 Å². The molecule has 1 atom stereocenters. The van der Waals surface area contributed by atoms with Crippen molar-refractivity contribution >= 4 is 55.0 Å². The van der Waals surface area contributed by atoms with E-state index in [2.05, 4.69) is 10.3 Å². The average molecular weight is 371 g/mol. The molecule has 1 aromatic carbocycles. The highest BCUT2D eigenvalue weighted by Crippen LogP contribution is 2.36. The molecule has 2 aromatic rings. The number of hydrogen-bond acceptors (Lipinski definition) is 7. The van der Waals surface area contributed by atoms with Crippen molar-refractivity contribution in [2.45, 2.75) is 24.2 Å². The lowest BCUT2D eigenvalue weighted by atomic mass is 10.2. The van der Waals surface area contributed by atoms with Crippen LogP contribution >= 0.6 is 32.9 Å². The van der Waals surface area contributed by atoms with E-state index in [0.29, 0.717) is 5.75 Å². The first-order valence-corrected chi connectivity index (χ1v) is 10.2. The summed E-state index contributed by atoms with van der Waals surface area (Å²) >= 11 is 1.61. The lowest BCUT2D eigenvalue weighted by Crippen LogP contribution is -2.44. The molecular weight excluding hydrogens is 352 g/mol. The Labute approximate surface area is 147 Å². The fourth-order valence-electron chi connectivity index (χ4n) is 1.69. The van der Waals surface area contributed by atoms with Crippen molar-refractivity contribution in [1.82, 2.24) is 10.3 Å². The summed E-state index contributed by atoms with van der Waals surface area (Å²) < 4.78 is 6.81. The second-order valence-electron chi connectivity index (χ2n) is 5.05. The maximum Gasteiger partial charge on any atom is 0.329 e. The molecule has 0 bridgehead atoms. The Morgan fingerprint density at radius 3 is 2.74 bits per heavy atom. The van der Waals surface area contributed by atoms with Crippen molar-refractivity contribution in [3.8, 4) is 0 Å². The fraction of sp³-hybridized carbons (Fsp3) is 0.400. The molecule has 124 valence electrons. The third-order valence-electron chi connectivity index (χ3n) is 2.97. The number of ether oxygens (including phenoxy) is 1. The van der Waals surface area contributed by atoms with Gasteiger partial charge in [-0.3, -0.25) is 4.79 Å². The molecule has 5 nitrogen and oxygen atoms in total. The van der Waals surface area contributed by atoms with E-state index in [-0.39, 0.29) is 11.8 Å². The first-order chi connectivity index (χ1) is 11.0. The molecule has 8 heteroatoms. The van der Waals surface area contributed by atoms with E-state index in [1.807, 2.05) is 24.3 Å². The van der Waals surface area contributed by atoms with Gasteiger partial charge in [0.05, 0.1) is 17.3 Å². The summed E-state index contributed by atoms with van der Waals surface area (Å²) in [6.07, 6.45) is 0. The number of thiazole rings is 1. The van der Waals surface area contributed by atoms with Gasteiger partial charge in [-0.2, -0.15) is 0 Å². The normalized spacial score (nSPS) is 12.3. The molecule has 0 aliphatic carbocycles. The number of nitrogens with zero attached hydrogens (tertiary/aromatic N) is 1. The standard InChI is InChI=1S/C15H18N2O3S3/c1-9(2)13(18)16-11(14(19)20-3)8-21-23-15-17-10-6-4-5-7-12(10)22-15/h4-7,9,11H,8H2,1-3H3,(H,16,18)/t11-/m1/s1. The lowest BCUT2D eigenvalue weighted by molar-refractivity contribution is -0.144. The SMILES string of the molecule is COC(=O)[C@@H](CSSc1nc2ccccc2s1)NC(=O)C(C)C.